The smallest absolute Gasteiger partial charge is 0.154 e. The lowest BCUT2D eigenvalue weighted by Gasteiger charge is -2.24. The number of aromatic nitrogens is 3. The molecule has 1 aliphatic rings. The predicted molar refractivity (Wildman–Crippen MR) is 123 cm³/mol. The Bertz CT molecular complexity index is 1060. The third-order valence-electron chi connectivity index (χ3n) is 4.85. The van der Waals surface area contributed by atoms with Crippen molar-refractivity contribution in [2.45, 2.75) is 6.10 Å². The van der Waals surface area contributed by atoms with Crippen LogP contribution in [0.5, 0.6) is 0 Å². The van der Waals surface area contributed by atoms with Gasteiger partial charge in [0, 0.05) is 51.7 Å². The van der Waals surface area contributed by atoms with E-state index < -0.39 is 0 Å². The van der Waals surface area contributed by atoms with Crippen LogP contribution in [0.25, 0.3) is 22.3 Å². The number of nitrogens with zero attached hydrogens (tertiary/aromatic N) is 5. The summed E-state index contributed by atoms with van der Waals surface area (Å²) in [4.78, 5) is 15.6. The van der Waals surface area contributed by atoms with Crippen molar-refractivity contribution < 1.29 is 4.74 Å². The Labute approximate surface area is 182 Å². The predicted octanol–water partition coefficient (Wildman–Crippen LogP) is 2.14. The third kappa shape index (κ3) is 4.62. The van der Waals surface area contributed by atoms with Crippen molar-refractivity contribution in [2.24, 2.45) is 0 Å². The van der Waals surface area contributed by atoms with Gasteiger partial charge in [-0.25, -0.2) is 9.97 Å². The van der Waals surface area contributed by atoms with Crippen LogP contribution >= 0.6 is 13.5 Å². The maximum absolute atomic E-state index is 9.54. The van der Waals surface area contributed by atoms with E-state index in [9.17, 15) is 5.26 Å². The van der Waals surface area contributed by atoms with Crippen LogP contribution in [-0.4, -0.2) is 61.4 Å². The van der Waals surface area contributed by atoms with Crippen molar-refractivity contribution >= 4 is 36.0 Å². The highest BCUT2D eigenvalue weighted by molar-refractivity contribution is 7.59. The number of anilines is 2. The first kappa shape index (κ1) is 21.8. The van der Waals surface area contributed by atoms with E-state index in [2.05, 4.69) is 26.7 Å². The van der Waals surface area contributed by atoms with E-state index in [1.807, 2.05) is 43.3 Å². The fraction of sp³-hybridized carbons (Fsp3) is 0.333. The topological polar surface area (TPSA) is 99.0 Å². The van der Waals surface area contributed by atoms with E-state index >= 15 is 0 Å². The van der Waals surface area contributed by atoms with Crippen molar-refractivity contribution in [1.82, 2.24) is 20.3 Å². The molecule has 3 aromatic rings. The normalized spacial score (nSPS) is 15.8. The standard InChI is InChI=1S/C21H23N7O.H2S/c1-28(2)19-4-3-14(9-15(19)11-22)17-10-18-20(25-6-5-24-18)21(27-17)26-13-16-12-23-7-8-29-16;/h3-6,9-10,16,23H,7-8,12-13H2,1-2H3,(H,26,27);1H2/t16-;/m0./s1. The summed E-state index contributed by atoms with van der Waals surface area (Å²) in [5.74, 6) is 0.662. The molecule has 0 bridgehead atoms. The van der Waals surface area contributed by atoms with Crippen LogP contribution in [-0.2, 0) is 4.74 Å². The molecule has 1 saturated heterocycles. The molecule has 0 unspecified atom stereocenters. The van der Waals surface area contributed by atoms with E-state index in [4.69, 9.17) is 9.72 Å². The van der Waals surface area contributed by atoms with Gasteiger partial charge in [-0.05, 0) is 18.2 Å². The molecule has 1 aromatic carbocycles. The molecule has 0 aliphatic carbocycles. The van der Waals surface area contributed by atoms with Gasteiger partial charge in [0.2, 0.25) is 0 Å². The van der Waals surface area contributed by atoms with E-state index in [-0.39, 0.29) is 19.6 Å². The Kier molecular flexibility index (Phi) is 7.05. The largest absolute Gasteiger partial charge is 0.377 e. The molecule has 9 heteroatoms. The average Bonchev–Trinajstić information content (AvgIpc) is 2.77. The molecule has 8 nitrogen and oxygen atoms in total. The number of nitriles is 1. The maximum atomic E-state index is 9.54. The summed E-state index contributed by atoms with van der Waals surface area (Å²) >= 11 is 0. The molecule has 2 aromatic heterocycles. The summed E-state index contributed by atoms with van der Waals surface area (Å²) in [6.45, 7) is 3.00. The van der Waals surface area contributed by atoms with Gasteiger partial charge in [-0.15, -0.1) is 0 Å². The minimum atomic E-state index is 0. The Morgan fingerprint density at radius 2 is 2.10 bits per heavy atom. The summed E-state index contributed by atoms with van der Waals surface area (Å²) in [7, 11) is 3.84. The van der Waals surface area contributed by atoms with Gasteiger partial charge in [-0.1, -0.05) is 6.07 Å². The van der Waals surface area contributed by atoms with E-state index in [0.717, 1.165) is 35.6 Å². The van der Waals surface area contributed by atoms with Crippen LogP contribution in [0.3, 0.4) is 0 Å². The second-order valence-electron chi connectivity index (χ2n) is 7.10. The minimum Gasteiger partial charge on any atom is -0.377 e. The van der Waals surface area contributed by atoms with Crippen molar-refractivity contribution in [3.63, 3.8) is 0 Å². The van der Waals surface area contributed by atoms with Crippen LogP contribution in [0.2, 0.25) is 0 Å². The van der Waals surface area contributed by atoms with Crippen LogP contribution in [0, 0.1) is 11.3 Å². The Hall–Kier alpha value is -2.93. The molecule has 30 heavy (non-hydrogen) atoms. The van der Waals surface area contributed by atoms with Gasteiger partial charge >= 0.3 is 0 Å². The average molecular weight is 424 g/mol. The maximum Gasteiger partial charge on any atom is 0.154 e. The molecule has 2 N–H and O–H groups in total. The zero-order chi connectivity index (χ0) is 20.2. The number of benzene rings is 1. The second-order valence-corrected chi connectivity index (χ2v) is 7.10. The highest BCUT2D eigenvalue weighted by Crippen LogP contribution is 2.29. The Balaban J connectivity index is 0.00000256. The quantitative estimate of drug-likeness (QED) is 0.644. The van der Waals surface area contributed by atoms with Crippen LogP contribution in [0.1, 0.15) is 5.56 Å². The molecule has 156 valence electrons. The lowest BCUT2D eigenvalue weighted by atomic mass is 10.1. The minimum absolute atomic E-state index is 0. The highest BCUT2D eigenvalue weighted by Gasteiger charge is 2.16. The summed E-state index contributed by atoms with van der Waals surface area (Å²) in [5, 5.41) is 16.2. The summed E-state index contributed by atoms with van der Waals surface area (Å²) < 4.78 is 5.76. The van der Waals surface area contributed by atoms with Gasteiger partial charge in [0.25, 0.3) is 0 Å². The molecule has 0 spiro atoms. The van der Waals surface area contributed by atoms with Crippen molar-refractivity contribution in [3.8, 4) is 17.3 Å². The Morgan fingerprint density at radius 1 is 1.27 bits per heavy atom. The molecule has 1 aliphatic heterocycles. The van der Waals surface area contributed by atoms with Crippen LogP contribution < -0.4 is 15.5 Å². The first-order valence-corrected chi connectivity index (χ1v) is 9.55. The number of ether oxygens (including phenoxy) is 1. The summed E-state index contributed by atoms with van der Waals surface area (Å²) in [6.07, 6.45) is 3.40. The van der Waals surface area contributed by atoms with Gasteiger partial charge in [0.05, 0.1) is 35.2 Å². The first-order valence-electron chi connectivity index (χ1n) is 9.55. The lowest BCUT2D eigenvalue weighted by molar-refractivity contribution is 0.0372. The van der Waals surface area contributed by atoms with Gasteiger partial charge < -0.3 is 20.3 Å². The number of hydrogen-bond acceptors (Lipinski definition) is 8. The van der Waals surface area contributed by atoms with Crippen molar-refractivity contribution in [1.29, 1.82) is 5.26 Å². The zero-order valence-corrected chi connectivity index (χ0v) is 18.0. The number of morpholine rings is 1. The fourth-order valence-electron chi connectivity index (χ4n) is 3.38. The number of fused-ring (bicyclic) bond motifs is 1. The molecule has 0 saturated carbocycles. The molecular formula is C21H25N7OS. The Morgan fingerprint density at radius 3 is 2.83 bits per heavy atom. The fourth-order valence-corrected chi connectivity index (χ4v) is 3.38. The molecule has 3 heterocycles. The number of pyridine rings is 1. The van der Waals surface area contributed by atoms with Gasteiger partial charge in [0.1, 0.15) is 11.6 Å². The van der Waals surface area contributed by atoms with E-state index in [1.165, 1.54) is 0 Å². The van der Waals surface area contributed by atoms with E-state index in [0.29, 0.717) is 30.0 Å². The summed E-state index contributed by atoms with van der Waals surface area (Å²) in [5.41, 5.74) is 4.54. The van der Waals surface area contributed by atoms with Crippen LogP contribution in [0.4, 0.5) is 11.5 Å². The molecule has 0 radical (unpaired) electrons. The SMILES string of the molecule is CN(C)c1ccc(-c2cc3nccnc3c(NC[C@@H]3CNCCO3)n2)cc1C#N.S. The molecule has 1 fully saturated rings. The van der Waals surface area contributed by atoms with Gasteiger partial charge in [0.15, 0.2) is 5.82 Å². The van der Waals surface area contributed by atoms with Crippen LogP contribution in [0.15, 0.2) is 36.7 Å². The summed E-state index contributed by atoms with van der Waals surface area (Å²) in [6, 6.07) is 9.94. The monoisotopic (exact) mass is 423 g/mol. The third-order valence-corrected chi connectivity index (χ3v) is 4.85. The molecule has 1 atom stereocenters. The first-order chi connectivity index (χ1) is 14.2. The molecular weight excluding hydrogens is 398 g/mol. The number of rotatable bonds is 5. The van der Waals surface area contributed by atoms with E-state index in [1.54, 1.807) is 12.4 Å². The van der Waals surface area contributed by atoms with Crippen molar-refractivity contribution in [2.75, 3.05) is 50.6 Å². The second kappa shape index (κ2) is 9.71. The molecule has 4 rings (SSSR count). The lowest BCUT2D eigenvalue weighted by Crippen LogP contribution is -2.42. The van der Waals surface area contributed by atoms with Gasteiger partial charge in [-0.3, -0.25) is 4.98 Å². The zero-order valence-electron chi connectivity index (χ0n) is 17.0. The number of nitrogens with one attached hydrogen (secondary N) is 2. The molecule has 0 amide bonds. The van der Waals surface area contributed by atoms with Crippen molar-refractivity contribution in [3.05, 3.63) is 42.2 Å². The highest BCUT2D eigenvalue weighted by atomic mass is 32.1. The number of hydrogen-bond donors (Lipinski definition) is 2. The van der Waals surface area contributed by atoms with Gasteiger partial charge in [-0.2, -0.15) is 18.8 Å².